The fraction of sp³-hybridized carbons (Fsp3) is 0.167. The van der Waals surface area contributed by atoms with E-state index in [9.17, 15) is 23.7 Å². The van der Waals surface area contributed by atoms with Crippen molar-refractivity contribution >= 4 is 49.9 Å². The van der Waals surface area contributed by atoms with Gasteiger partial charge in [0, 0.05) is 23.5 Å². The van der Waals surface area contributed by atoms with E-state index in [1.807, 2.05) is 0 Å². The zero-order valence-electron chi connectivity index (χ0n) is 15.4. The number of nitro groups is 1. The highest BCUT2D eigenvalue weighted by molar-refractivity contribution is 9.10. The van der Waals surface area contributed by atoms with Crippen LogP contribution in [0.5, 0.6) is 5.75 Å². The maximum Gasteiger partial charge on any atom is 0.311 e. The lowest BCUT2D eigenvalue weighted by atomic mass is 10.2. The predicted molar refractivity (Wildman–Crippen MR) is 108 cm³/mol. The molecule has 0 saturated heterocycles. The van der Waals surface area contributed by atoms with Gasteiger partial charge in [0.2, 0.25) is 5.91 Å². The summed E-state index contributed by atoms with van der Waals surface area (Å²) in [5.41, 5.74) is -0.595. The molecule has 2 aromatic carbocycles. The van der Waals surface area contributed by atoms with Gasteiger partial charge in [-0.25, -0.2) is 18.7 Å². The molecule has 3 aromatic rings. The Bertz CT molecular complexity index is 1120. The van der Waals surface area contributed by atoms with Gasteiger partial charge in [0.15, 0.2) is 17.4 Å². The lowest BCUT2D eigenvalue weighted by Crippen LogP contribution is -2.25. The van der Waals surface area contributed by atoms with Crippen molar-refractivity contribution in [2.24, 2.45) is 0 Å². The van der Waals surface area contributed by atoms with E-state index in [1.54, 1.807) is 0 Å². The van der Waals surface area contributed by atoms with E-state index in [1.165, 1.54) is 13.0 Å². The summed E-state index contributed by atoms with van der Waals surface area (Å²) in [7, 11) is 0. The number of halogens is 3. The molecule has 9 nitrogen and oxygen atoms in total. The number of aromatic nitrogens is 2. The Morgan fingerprint density at radius 1 is 1.23 bits per heavy atom. The molecule has 30 heavy (non-hydrogen) atoms. The maximum atomic E-state index is 14.2. The second kappa shape index (κ2) is 8.95. The number of carbonyl (C=O) groups is 1. The Kier molecular flexibility index (Phi) is 6.35. The van der Waals surface area contributed by atoms with E-state index < -0.39 is 22.2 Å². The summed E-state index contributed by atoms with van der Waals surface area (Å²) >= 11 is 2.99. The van der Waals surface area contributed by atoms with E-state index in [-0.39, 0.29) is 51.7 Å². The van der Waals surface area contributed by atoms with Crippen LogP contribution in [0.2, 0.25) is 0 Å². The van der Waals surface area contributed by atoms with Crippen LogP contribution < -0.4 is 15.4 Å². The molecule has 0 saturated carbocycles. The van der Waals surface area contributed by atoms with Crippen molar-refractivity contribution in [1.29, 1.82) is 0 Å². The second-order valence-corrected chi connectivity index (χ2v) is 6.93. The summed E-state index contributed by atoms with van der Waals surface area (Å²) in [5.74, 6) is -2.10. The first kappa shape index (κ1) is 21.3. The molecule has 0 unspecified atom stereocenters. The first-order valence-electron chi connectivity index (χ1n) is 8.48. The third-order valence-corrected chi connectivity index (χ3v) is 4.35. The summed E-state index contributed by atoms with van der Waals surface area (Å²) in [4.78, 5) is 29.7. The number of hydrogen-bond acceptors (Lipinski definition) is 7. The molecular formula is C18H14BrF2N5O4. The van der Waals surface area contributed by atoms with E-state index in [2.05, 4.69) is 36.5 Å². The van der Waals surface area contributed by atoms with Crippen LogP contribution in [0, 0.1) is 21.7 Å². The highest BCUT2D eigenvalue weighted by Crippen LogP contribution is 2.35. The topological polar surface area (TPSA) is 119 Å². The average molecular weight is 482 g/mol. The zero-order chi connectivity index (χ0) is 21.8. The number of amides is 1. The smallest absolute Gasteiger partial charge is 0.311 e. The van der Waals surface area contributed by atoms with Crippen LogP contribution in [0.4, 0.5) is 26.0 Å². The number of fused-ring (bicyclic) bond motifs is 1. The first-order valence-corrected chi connectivity index (χ1v) is 9.27. The van der Waals surface area contributed by atoms with Gasteiger partial charge in [-0.3, -0.25) is 14.9 Å². The second-order valence-electron chi connectivity index (χ2n) is 6.02. The lowest BCUT2D eigenvalue weighted by molar-refractivity contribution is -0.385. The fourth-order valence-corrected chi connectivity index (χ4v) is 3.00. The Morgan fingerprint density at radius 3 is 2.57 bits per heavy atom. The normalized spacial score (nSPS) is 10.7. The van der Waals surface area contributed by atoms with E-state index in [4.69, 9.17) is 4.74 Å². The number of nitrogens with one attached hydrogen (secondary N) is 2. The Balaban J connectivity index is 1.99. The van der Waals surface area contributed by atoms with Crippen LogP contribution in [0.15, 0.2) is 35.1 Å². The molecule has 0 spiro atoms. The van der Waals surface area contributed by atoms with Crippen molar-refractivity contribution in [1.82, 2.24) is 15.3 Å². The lowest BCUT2D eigenvalue weighted by Gasteiger charge is -2.12. The summed E-state index contributed by atoms with van der Waals surface area (Å²) in [6.07, 6.45) is 1.15. The standard InChI is InChI=1S/C18H14BrF2N5O4/c1-9(27)22-2-3-30-16-7-14-11(6-15(16)26(28)29)18(24-8-23-14)25-17-12(20)4-10(19)5-13(17)21/h4-8H,2-3H2,1H3,(H,22,27)(H,23,24,25). The highest BCUT2D eigenvalue weighted by atomic mass is 79.9. The molecule has 0 fully saturated rings. The number of ether oxygens (including phenoxy) is 1. The zero-order valence-corrected chi connectivity index (χ0v) is 17.0. The van der Waals surface area contributed by atoms with Gasteiger partial charge >= 0.3 is 5.69 Å². The van der Waals surface area contributed by atoms with Gasteiger partial charge < -0.3 is 15.4 Å². The molecule has 2 N–H and O–H groups in total. The largest absolute Gasteiger partial charge is 0.485 e. The van der Waals surface area contributed by atoms with Crippen LogP contribution in [-0.4, -0.2) is 34.0 Å². The molecule has 1 heterocycles. The van der Waals surface area contributed by atoms with Crippen LogP contribution in [0.1, 0.15) is 6.92 Å². The van der Waals surface area contributed by atoms with Gasteiger partial charge in [0.25, 0.3) is 0 Å². The minimum absolute atomic E-state index is 0.00255. The molecule has 0 aliphatic carbocycles. The molecule has 0 bridgehead atoms. The third-order valence-electron chi connectivity index (χ3n) is 3.90. The maximum absolute atomic E-state index is 14.2. The summed E-state index contributed by atoms with van der Waals surface area (Å²) < 4.78 is 33.9. The number of benzene rings is 2. The molecule has 0 radical (unpaired) electrons. The van der Waals surface area contributed by atoms with Gasteiger partial charge in [-0.2, -0.15) is 0 Å². The van der Waals surface area contributed by atoms with Gasteiger partial charge in [-0.15, -0.1) is 0 Å². The van der Waals surface area contributed by atoms with Crippen LogP contribution >= 0.6 is 15.9 Å². The summed E-state index contributed by atoms with van der Waals surface area (Å²) in [6, 6.07) is 4.61. The number of nitrogens with zero attached hydrogens (tertiary/aromatic N) is 3. The molecular weight excluding hydrogens is 468 g/mol. The number of carbonyl (C=O) groups excluding carboxylic acids is 1. The van der Waals surface area contributed by atoms with Gasteiger partial charge in [-0.05, 0) is 12.1 Å². The van der Waals surface area contributed by atoms with E-state index >= 15 is 0 Å². The predicted octanol–water partition coefficient (Wildman–Crippen LogP) is 3.84. The fourth-order valence-electron chi connectivity index (χ4n) is 2.60. The molecule has 12 heteroatoms. The van der Waals surface area contributed by atoms with Crippen molar-refractivity contribution in [2.75, 3.05) is 18.5 Å². The summed E-state index contributed by atoms with van der Waals surface area (Å²) in [5, 5.41) is 16.7. The summed E-state index contributed by atoms with van der Waals surface area (Å²) in [6.45, 7) is 1.49. The van der Waals surface area contributed by atoms with Crippen LogP contribution in [-0.2, 0) is 4.79 Å². The number of nitro benzene ring substituents is 1. The molecule has 1 amide bonds. The Hall–Kier alpha value is -3.41. The van der Waals surface area contributed by atoms with Crippen molar-refractivity contribution in [3.05, 3.63) is 56.8 Å². The minimum atomic E-state index is -0.874. The van der Waals surface area contributed by atoms with Gasteiger partial charge in [0.1, 0.15) is 24.4 Å². The first-order chi connectivity index (χ1) is 14.3. The average Bonchev–Trinajstić information content (AvgIpc) is 2.67. The van der Waals surface area contributed by atoms with Crippen molar-refractivity contribution in [2.45, 2.75) is 6.92 Å². The van der Waals surface area contributed by atoms with Crippen LogP contribution in [0.25, 0.3) is 10.9 Å². The number of rotatable bonds is 7. The van der Waals surface area contributed by atoms with Crippen molar-refractivity contribution in [3.8, 4) is 5.75 Å². The SMILES string of the molecule is CC(=O)NCCOc1cc2ncnc(Nc3c(F)cc(Br)cc3F)c2cc1[N+](=O)[O-]. The molecule has 3 rings (SSSR count). The third kappa shape index (κ3) is 4.76. The number of hydrogen-bond donors (Lipinski definition) is 2. The molecule has 0 aliphatic rings. The minimum Gasteiger partial charge on any atom is -0.485 e. The molecule has 156 valence electrons. The number of anilines is 2. The van der Waals surface area contributed by atoms with Crippen molar-refractivity contribution < 1.29 is 23.2 Å². The van der Waals surface area contributed by atoms with Crippen molar-refractivity contribution in [3.63, 3.8) is 0 Å². The van der Waals surface area contributed by atoms with Gasteiger partial charge in [0.05, 0.1) is 22.4 Å². The Morgan fingerprint density at radius 2 is 1.93 bits per heavy atom. The monoisotopic (exact) mass is 481 g/mol. The van der Waals surface area contributed by atoms with E-state index in [0.717, 1.165) is 24.5 Å². The van der Waals surface area contributed by atoms with Crippen LogP contribution in [0.3, 0.4) is 0 Å². The molecule has 0 atom stereocenters. The van der Waals surface area contributed by atoms with E-state index in [0.29, 0.717) is 0 Å². The highest BCUT2D eigenvalue weighted by Gasteiger charge is 2.20. The quantitative estimate of drug-likeness (QED) is 0.298. The molecule has 1 aromatic heterocycles. The Labute approximate surface area is 176 Å². The molecule has 0 aliphatic heterocycles. The van der Waals surface area contributed by atoms with Gasteiger partial charge in [-0.1, -0.05) is 15.9 Å².